The predicted molar refractivity (Wildman–Crippen MR) is 106 cm³/mol. The maximum absolute atomic E-state index is 13.2. The van der Waals surface area contributed by atoms with Crippen LogP contribution in [0.15, 0.2) is 36.4 Å². The minimum absolute atomic E-state index is 0.0942. The third-order valence-corrected chi connectivity index (χ3v) is 4.61. The summed E-state index contributed by atoms with van der Waals surface area (Å²) in [7, 11) is 1.78. The van der Waals surface area contributed by atoms with Crippen LogP contribution in [0.1, 0.15) is 23.6 Å². The van der Waals surface area contributed by atoms with E-state index in [2.05, 4.69) is 10.6 Å². The Morgan fingerprint density at radius 1 is 1.07 bits per heavy atom. The van der Waals surface area contributed by atoms with Crippen LogP contribution in [-0.2, 0) is 9.59 Å². The minimum atomic E-state index is -0.427. The molecular weight excluding hydrogens is 345 g/mol. The Morgan fingerprint density at radius 2 is 1.70 bits per heavy atom. The topological polar surface area (TPSA) is 62.6 Å². The maximum atomic E-state index is 13.2. The number of hydrogen-bond acceptors (Lipinski definition) is 2. The van der Waals surface area contributed by atoms with Gasteiger partial charge in [0.25, 0.3) is 11.8 Å². The van der Waals surface area contributed by atoms with E-state index >= 15 is 0 Å². The molecule has 2 aromatic rings. The molecule has 0 fully saturated rings. The Balaban J connectivity index is 1.97. The Labute approximate surface area is 159 Å². The van der Waals surface area contributed by atoms with Crippen LogP contribution in [0.25, 0.3) is 0 Å². The molecule has 0 aliphatic rings. The summed E-state index contributed by atoms with van der Waals surface area (Å²) in [5.41, 5.74) is 4.38. The quantitative estimate of drug-likeness (QED) is 0.728. The van der Waals surface area contributed by atoms with Crippen LogP contribution >= 0.6 is 0 Å². The summed E-state index contributed by atoms with van der Waals surface area (Å²) in [6, 6.07) is 9.34. The second-order valence-corrected chi connectivity index (χ2v) is 7.07. The van der Waals surface area contributed by atoms with E-state index in [1.807, 2.05) is 32.9 Å². The van der Waals surface area contributed by atoms with Crippen molar-refractivity contribution in [2.24, 2.45) is 0 Å². The van der Waals surface area contributed by atoms with Gasteiger partial charge in [0, 0.05) is 11.4 Å². The molecule has 0 aliphatic heterocycles. The summed E-state index contributed by atoms with van der Waals surface area (Å²) >= 11 is 0. The number of benzene rings is 2. The highest BCUT2D eigenvalue weighted by atomic mass is 19.1. The SMILES string of the molecule is Cc1cc(C)c(NC(=O)[C@@H](C)[NH+](C)CC(=O)Nc2cccc(F)c2)c(C)c1. The van der Waals surface area contributed by atoms with Crippen LogP contribution in [0.4, 0.5) is 15.8 Å². The molecular formula is C21H27FN3O2+. The monoisotopic (exact) mass is 372 g/mol. The summed E-state index contributed by atoms with van der Waals surface area (Å²) < 4.78 is 13.2. The highest BCUT2D eigenvalue weighted by Crippen LogP contribution is 2.21. The number of anilines is 2. The van der Waals surface area contributed by atoms with Crippen molar-refractivity contribution in [2.45, 2.75) is 33.7 Å². The number of nitrogens with one attached hydrogen (secondary N) is 3. The first kappa shape index (κ1) is 20.6. The molecule has 0 aromatic heterocycles. The van der Waals surface area contributed by atoms with Gasteiger partial charge in [-0.2, -0.15) is 0 Å². The van der Waals surface area contributed by atoms with E-state index in [-0.39, 0.29) is 18.4 Å². The van der Waals surface area contributed by atoms with Gasteiger partial charge in [-0.15, -0.1) is 0 Å². The molecule has 0 bridgehead atoms. The molecule has 6 heteroatoms. The van der Waals surface area contributed by atoms with E-state index in [0.29, 0.717) is 5.69 Å². The predicted octanol–water partition coefficient (Wildman–Crippen LogP) is 2.23. The van der Waals surface area contributed by atoms with Crippen molar-refractivity contribution in [2.75, 3.05) is 24.2 Å². The molecule has 0 heterocycles. The van der Waals surface area contributed by atoms with Crippen molar-refractivity contribution in [3.63, 3.8) is 0 Å². The molecule has 27 heavy (non-hydrogen) atoms. The Hall–Kier alpha value is -2.73. The molecule has 5 nitrogen and oxygen atoms in total. The number of hydrogen-bond donors (Lipinski definition) is 3. The highest BCUT2D eigenvalue weighted by molar-refractivity contribution is 5.95. The van der Waals surface area contributed by atoms with Crippen LogP contribution < -0.4 is 15.5 Å². The zero-order valence-corrected chi connectivity index (χ0v) is 16.4. The van der Waals surface area contributed by atoms with Crippen molar-refractivity contribution in [1.29, 1.82) is 0 Å². The number of amides is 2. The van der Waals surface area contributed by atoms with Gasteiger partial charge in [0.05, 0.1) is 7.05 Å². The third kappa shape index (κ3) is 5.62. The van der Waals surface area contributed by atoms with Gasteiger partial charge in [-0.3, -0.25) is 9.59 Å². The van der Waals surface area contributed by atoms with E-state index in [1.54, 1.807) is 20.0 Å². The molecule has 144 valence electrons. The molecule has 0 spiro atoms. The lowest BCUT2D eigenvalue weighted by Crippen LogP contribution is -3.14. The van der Waals surface area contributed by atoms with Gasteiger partial charge in [-0.1, -0.05) is 23.8 Å². The summed E-state index contributed by atoms with van der Waals surface area (Å²) in [6.07, 6.45) is 0. The fourth-order valence-corrected chi connectivity index (χ4v) is 3.01. The van der Waals surface area contributed by atoms with Gasteiger partial charge in [-0.05, 0) is 57.0 Å². The van der Waals surface area contributed by atoms with Gasteiger partial charge in [0.1, 0.15) is 5.82 Å². The number of halogens is 1. The summed E-state index contributed by atoms with van der Waals surface area (Å²) in [5.74, 6) is -0.841. The first-order valence-electron chi connectivity index (χ1n) is 8.94. The largest absolute Gasteiger partial charge is 0.321 e. The molecule has 2 rings (SSSR count). The maximum Gasteiger partial charge on any atom is 0.282 e. The number of carbonyl (C=O) groups is 2. The van der Waals surface area contributed by atoms with Crippen molar-refractivity contribution in [1.82, 2.24) is 0 Å². The molecule has 2 aromatic carbocycles. The van der Waals surface area contributed by atoms with Crippen molar-refractivity contribution in [3.05, 3.63) is 58.9 Å². The number of quaternary nitrogens is 1. The van der Waals surface area contributed by atoms with Crippen LogP contribution in [0.5, 0.6) is 0 Å². The number of likely N-dealkylation sites (N-methyl/N-ethyl adjacent to an activating group) is 1. The number of rotatable bonds is 6. The van der Waals surface area contributed by atoms with E-state index in [9.17, 15) is 14.0 Å². The van der Waals surface area contributed by atoms with Crippen LogP contribution in [0.2, 0.25) is 0 Å². The average molecular weight is 372 g/mol. The molecule has 0 saturated carbocycles. The molecule has 0 saturated heterocycles. The smallest absolute Gasteiger partial charge is 0.282 e. The second-order valence-electron chi connectivity index (χ2n) is 7.07. The zero-order valence-electron chi connectivity index (χ0n) is 16.4. The lowest BCUT2D eigenvalue weighted by molar-refractivity contribution is -0.885. The van der Waals surface area contributed by atoms with Crippen molar-refractivity contribution in [3.8, 4) is 0 Å². The lowest BCUT2D eigenvalue weighted by atomic mass is 10.0. The van der Waals surface area contributed by atoms with Gasteiger partial charge in [0.2, 0.25) is 0 Å². The van der Waals surface area contributed by atoms with E-state index < -0.39 is 11.9 Å². The summed E-state index contributed by atoms with van der Waals surface area (Å²) in [5, 5.41) is 5.63. The molecule has 3 N–H and O–H groups in total. The fourth-order valence-electron chi connectivity index (χ4n) is 3.01. The summed E-state index contributed by atoms with van der Waals surface area (Å²) in [6.45, 7) is 7.81. The Kier molecular flexibility index (Phi) is 6.69. The summed E-state index contributed by atoms with van der Waals surface area (Å²) in [4.78, 5) is 25.5. The highest BCUT2D eigenvalue weighted by Gasteiger charge is 2.25. The molecule has 2 amide bonds. The van der Waals surface area contributed by atoms with Crippen LogP contribution in [0, 0.1) is 26.6 Å². The molecule has 0 radical (unpaired) electrons. The first-order valence-corrected chi connectivity index (χ1v) is 8.94. The minimum Gasteiger partial charge on any atom is -0.321 e. The van der Waals surface area contributed by atoms with Crippen molar-refractivity contribution >= 4 is 23.2 Å². The Morgan fingerprint density at radius 3 is 2.30 bits per heavy atom. The van der Waals surface area contributed by atoms with Gasteiger partial charge < -0.3 is 15.5 Å². The molecule has 1 unspecified atom stereocenters. The zero-order chi connectivity index (χ0) is 20.1. The molecule has 0 aliphatic carbocycles. The number of carbonyl (C=O) groups excluding carboxylic acids is 2. The van der Waals surface area contributed by atoms with Crippen LogP contribution in [0.3, 0.4) is 0 Å². The van der Waals surface area contributed by atoms with Crippen molar-refractivity contribution < 1.29 is 18.9 Å². The lowest BCUT2D eigenvalue weighted by Gasteiger charge is -2.22. The average Bonchev–Trinajstić information content (AvgIpc) is 2.56. The normalized spacial score (nSPS) is 13.0. The third-order valence-electron chi connectivity index (χ3n) is 4.61. The van der Waals surface area contributed by atoms with E-state index in [4.69, 9.17) is 0 Å². The molecule has 2 atom stereocenters. The van der Waals surface area contributed by atoms with Gasteiger partial charge in [-0.25, -0.2) is 4.39 Å². The standard InChI is InChI=1S/C21H26FN3O2/c1-13-9-14(2)20(15(3)10-13)24-21(27)16(4)25(5)12-19(26)23-18-8-6-7-17(22)11-18/h6-11,16H,12H2,1-5H3,(H,23,26)(H,24,27)/p+1/t16-/m1/s1. The fraction of sp³-hybridized carbons (Fsp3) is 0.333. The van der Waals surface area contributed by atoms with Gasteiger partial charge in [0.15, 0.2) is 12.6 Å². The van der Waals surface area contributed by atoms with E-state index in [0.717, 1.165) is 27.3 Å². The van der Waals surface area contributed by atoms with E-state index in [1.165, 1.54) is 18.2 Å². The first-order chi connectivity index (χ1) is 12.7. The van der Waals surface area contributed by atoms with Crippen LogP contribution in [-0.4, -0.2) is 31.4 Å². The Bertz CT molecular complexity index is 828. The number of aryl methyl sites for hydroxylation is 3. The van der Waals surface area contributed by atoms with Gasteiger partial charge >= 0.3 is 0 Å². The second kappa shape index (κ2) is 8.77.